The summed E-state index contributed by atoms with van der Waals surface area (Å²) in [4.78, 5) is 33.9. The van der Waals surface area contributed by atoms with Crippen LogP contribution in [0.1, 0.15) is 63.8 Å². The van der Waals surface area contributed by atoms with E-state index in [-0.39, 0.29) is 25.2 Å². The maximum Gasteiger partial charge on any atom is 0.406 e. The second-order valence-electron chi connectivity index (χ2n) is 9.75. The van der Waals surface area contributed by atoms with Crippen LogP contribution in [0.25, 0.3) is 0 Å². The number of carbonyl (C=O) groups is 2. The van der Waals surface area contributed by atoms with Gasteiger partial charge in [-0.25, -0.2) is 0 Å². The van der Waals surface area contributed by atoms with Crippen LogP contribution in [-0.2, 0) is 28.1 Å². The predicted octanol–water partition coefficient (Wildman–Crippen LogP) is 6.57. The maximum absolute atomic E-state index is 13.3. The number of benzene rings is 1. The largest absolute Gasteiger partial charge is 0.406 e. The summed E-state index contributed by atoms with van der Waals surface area (Å²) in [7, 11) is 0. The van der Waals surface area contributed by atoms with Crippen LogP contribution in [0.3, 0.4) is 0 Å². The van der Waals surface area contributed by atoms with Gasteiger partial charge in [-0.1, -0.05) is 28.4 Å². The molecule has 1 aromatic carbocycles. The molecule has 5 rings (SSSR count). The lowest BCUT2D eigenvalue weighted by Crippen LogP contribution is -2.36. The number of hydrogen-bond donors (Lipinski definition) is 0. The molecule has 36 heavy (non-hydrogen) atoms. The second kappa shape index (κ2) is 9.33. The highest BCUT2D eigenvalue weighted by molar-refractivity contribution is 7.16. The molecule has 0 radical (unpaired) electrons. The van der Waals surface area contributed by atoms with Crippen molar-refractivity contribution in [1.82, 2.24) is 4.90 Å². The highest BCUT2D eigenvalue weighted by Gasteiger charge is 2.42. The summed E-state index contributed by atoms with van der Waals surface area (Å²) in [6.45, 7) is 0.652. The van der Waals surface area contributed by atoms with E-state index in [0.29, 0.717) is 21.3 Å². The van der Waals surface area contributed by atoms with Crippen molar-refractivity contribution in [3.05, 3.63) is 54.7 Å². The Kier molecular flexibility index (Phi) is 6.62. The molecule has 5 nitrogen and oxygen atoms in total. The van der Waals surface area contributed by atoms with E-state index in [1.54, 1.807) is 18.2 Å². The van der Waals surface area contributed by atoms with Gasteiger partial charge < -0.3 is 9.74 Å². The Labute approximate surface area is 220 Å². The molecule has 3 aliphatic rings. The Hall–Kier alpha value is -2.10. The number of alkyl halides is 3. The van der Waals surface area contributed by atoms with Crippen LogP contribution in [-0.4, -0.2) is 41.6 Å². The topological polar surface area (TPSA) is 59.0 Å². The third-order valence-corrected chi connectivity index (χ3v) is 8.83. The zero-order valence-electron chi connectivity index (χ0n) is 19.4. The monoisotopic (exact) mass is 558 g/mol. The number of nitrogens with zero attached hydrogens (tertiary/aromatic N) is 2. The van der Waals surface area contributed by atoms with Crippen molar-refractivity contribution >= 4 is 51.9 Å². The van der Waals surface area contributed by atoms with Gasteiger partial charge in [0.25, 0.3) is 0 Å². The number of thiophene rings is 1. The van der Waals surface area contributed by atoms with Crippen molar-refractivity contribution in [2.24, 2.45) is 11.1 Å². The van der Waals surface area contributed by atoms with Crippen LogP contribution in [0.5, 0.6) is 0 Å². The fourth-order valence-corrected chi connectivity index (χ4v) is 7.14. The third-order valence-electron chi connectivity index (χ3n) is 7.03. The molecule has 2 aromatic rings. The summed E-state index contributed by atoms with van der Waals surface area (Å²) < 4.78 is 38.2. The standard InChI is InChI=1S/C25H23Cl2F3N2O3S/c1-24(14-8-15(26)10-16(27)9-14)11-19(31-35-24)21-17-3-2-4-18(17)22(36-21)20(33)7-13-5-6-32(23(13)34)12-25(28,29)30/h8-10,13H,2-7,11-12H2,1H3. The summed E-state index contributed by atoms with van der Waals surface area (Å²) in [5.41, 5.74) is 2.83. The molecule has 1 aliphatic carbocycles. The molecular formula is C25H23Cl2F3N2O3S. The van der Waals surface area contributed by atoms with Gasteiger partial charge in [0.15, 0.2) is 11.4 Å². The molecule has 0 bridgehead atoms. The molecule has 1 amide bonds. The van der Waals surface area contributed by atoms with Crippen molar-refractivity contribution in [2.75, 3.05) is 13.1 Å². The summed E-state index contributed by atoms with van der Waals surface area (Å²) in [5.74, 6) is -1.51. The van der Waals surface area contributed by atoms with Gasteiger partial charge in [0.1, 0.15) is 12.3 Å². The van der Waals surface area contributed by atoms with Crippen LogP contribution in [0.4, 0.5) is 13.2 Å². The highest BCUT2D eigenvalue weighted by atomic mass is 35.5. The Bertz CT molecular complexity index is 1260. The van der Waals surface area contributed by atoms with E-state index in [1.807, 2.05) is 6.92 Å². The van der Waals surface area contributed by atoms with Gasteiger partial charge in [-0.2, -0.15) is 13.2 Å². The second-order valence-corrected chi connectivity index (χ2v) is 11.6. The number of fused-ring (bicyclic) bond motifs is 1. The molecule has 3 heterocycles. The molecule has 2 atom stereocenters. The summed E-state index contributed by atoms with van der Waals surface area (Å²) in [6.07, 6.45) is -1.34. The van der Waals surface area contributed by atoms with E-state index in [1.165, 1.54) is 11.3 Å². The van der Waals surface area contributed by atoms with Crippen molar-refractivity contribution in [1.29, 1.82) is 0 Å². The average molecular weight is 559 g/mol. The van der Waals surface area contributed by atoms with Gasteiger partial charge in [0, 0.05) is 40.9 Å². The number of rotatable bonds is 6. The van der Waals surface area contributed by atoms with E-state index < -0.39 is 30.1 Å². The number of likely N-dealkylation sites (tertiary alicyclic amines) is 1. The number of Topliss-reactive ketones (excluding diaryl/α,β-unsaturated/α-hetero) is 1. The number of halogens is 5. The van der Waals surface area contributed by atoms with E-state index in [2.05, 4.69) is 5.16 Å². The zero-order chi connectivity index (χ0) is 25.8. The SMILES string of the molecule is CC1(c2cc(Cl)cc(Cl)c2)CC(c2sc(C(=O)CC3CCN(CC(F)(F)F)C3=O)c3c2CCC3)=NO1. The van der Waals surface area contributed by atoms with Gasteiger partial charge in [-0.3, -0.25) is 9.59 Å². The fraction of sp³-hybridized carbons (Fsp3) is 0.480. The van der Waals surface area contributed by atoms with Crippen LogP contribution in [0, 0.1) is 5.92 Å². The molecular weight excluding hydrogens is 536 g/mol. The average Bonchev–Trinajstić information content (AvgIpc) is 3.54. The number of ketones is 1. The lowest BCUT2D eigenvalue weighted by molar-refractivity contribution is -0.158. The smallest absolute Gasteiger partial charge is 0.384 e. The van der Waals surface area contributed by atoms with Crippen LogP contribution >= 0.6 is 34.5 Å². The molecule has 0 spiro atoms. The molecule has 2 aliphatic heterocycles. The Balaban J connectivity index is 1.34. The summed E-state index contributed by atoms with van der Waals surface area (Å²) >= 11 is 13.7. The quantitative estimate of drug-likeness (QED) is 0.377. The van der Waals surface area contributed by atoms with Gasteiger partial charge in [0.2, 0.25) is 5.91 Å². The molecule has 1 aromatic heterocycles. The van der Waals surface area contributed by atoms with Crippen molar-refractivity contribution in [3.8, 4) is 0 Å². The van der Waals surface area contributed by atoms with Gasteiger partial charge >= 0.3 is 6.18 Å². The minimum absolute atomic E-state index is 0.0182. The normalized spacial score (nSPS) is 23.7. The summed E-state index contributed by atoms with van der Waals surface area (Å²) in [5, 5.41) is 5.36. The maximum atomic E-state index is 13.3. The zero-order valence-corrected chi connectivity index (χ0v) is 21.7. The Morgan fingerprint density at radius 3 is 2.61 bits per heavy atom. The van der Waals surface area contributed by atoms with Gasteiger partial charge in [0.05, 0.1) is 9.75 Å². The lowest BCUT2D eigenvalue weighted by atomic mass is 9.90. The first kappa shape index (κ1) is 25.5. The van der Waals surface area contributed by atoms with Crippen LogP contribution in [0.15, 0.2) is 23.4 Å². The van der Waals surface area contributed by atoms with Crippen LogP contribution in [0.2, 0.25) is 10.0 Å². The van der Waals surface area contributed by atoms with Crippen molar-refractivity contribution in [3.63, 3.8) is 0 Å². The number of oxime groups is 1. The number of hydrogen-bond acceptors (Lipinski definition) is 5. The number of amides is 1. The molecule has 1 fully saturated rings. The molecule has 11 heteroatoms. The molecule has 0 N–H and O–H groups in total. The molecule has 1 saturated heterocycles. The Morgan fingerprint density at radius 1 is 1.22 bits per heavy atom. The molecule has 2 unspecified atom stereocenters. The van der Waals surface area contributed by atoms with E-state index >= 15 is 0 Å². The first-order valence-electron chi connectivity index (χ1n) is 11.7. The minimum Gasteiger partial charge on any atom is -0.384 e. The Morgan fingerprint density at radius 2 is 1.92 bits per heavy atom. The van der Waals surface area contributed by atoms with Gasteiger partial charge in [-0.05, 0) is 61.9 Å². The highest BCUT2D eigenvalue weighted by Crippen LogP contribution is 2.43. The minimum atomic E-state index is -4.45. The van der Waals surface area contributed by atoms with Crippen molar-refractivity contribution < 1.29 is 27.6 Å². The van der Waals surface area contributed by atoms with E-state index in [4.69, 9.17) is 28.0 Å². The van der Waals surface area contributed by atoms with Gasteiger partial charge in [-0.15, -0.1) is 11.3 Å². The summed E-state index contributed by atoms with van der Waals surface area (Å²) in [6, 6.07) is 5.23. The van der Waals surface area contributed by atoms with E-state index in [9.17, 15) is 22.8 Å². The van der Waals surface area contributed by atoms with Crippen molar-refractivity contribution in [2.45, 2.75) is 57.2 Å². The third kappa shape index (κ3) is 4.89. The fourth-order valence-electron chi connectivity index (χ4n) is 5.29. The first-order chi connectivity index (χ1) is 16.9. The molecule has 0 saturated carbocycles. The predicted molar refractivity (Wildman–Crippen MR) is 132 cm³/mol. The first-order valence-corrected chi connectivity index (χ1v) is 13.3. The number of carbonyl (C=O) groups excluding carboxylic acids is 2. The van der Waals surface area contributed by atoms with E-state index in [0.717, 1.165) is 51.4 Å². The lowest BCUT2D eigenvalue weighted by Gasteiger charge is -2.22. The van der Waals surface area contributed by atoms with Crippen LogP contribution < -0.4 is 0 Å². The molecule has 192 valence electrons.